The van der Waals surface area contributed by atoms with Crippen molar-refractivity contribution in [2.75, 3.05) is 12.0 Å². The fourth-order valence-electron chi connectivity index (χ4n) is 4.43. The minimum atomic E-state index is -1.03. The molecule has 188 valence electrons. The number of aryl methyl sites for hydroxylation is 3. The molecule has 4 aromatic rings. The smallest absolute Gasteiger partial charge is 0.350 e. The van der Waals surface area contributed by atoms with Gasteiger partial charge < -0.3 is 14.2 Å². The summed E-state index contributed by atoms with van der Waals surface area (Å²) in [6.45, 7) is 5.28. The minimum Gasteiger partial charge on any atom is -0.505 e. The highest BCUT2D eigenvalue weighted by atomic mass is 35.5. The second-order valence-corrected chi connectivity index (χ2v) is 9.97. The third-order valence-corrected chi connectivity index (χ3v) is 7.69. The molecule has 11 heteroatoms. The molecule has 1 amide bonds. The minimum absolute atomic E-state index is 0.126. The van der Waals surface area contributed by atoms with E-state index in [-0.39, 0.29) is 21.3 Å². The molecule has 4 heterocycles. The SMILES string of the molecule is COC(=O)c1sc(N2C(=O)C(=O)C(=C(O)c3nc4c(C)cccn4c3C)C2c2ccc(Cl)cc2)nc1C. The molecule has 0 spiro atoms. The molecular weight excluding hydrogens is 516 g/mol. The van der Waals surface area contributed by atoms with Gasteiger partial charge >= 0.3 is 11.9 Å². The van der Waals surface area contributed by atoms with Crippen LogP contribution in [0.3, 0.4) is 0 Å². The number of anilines is 1. The highest BCUT2D eigenvalue weighted by molar-refractivity contribution is 7.17. The van der Waals surface area contributed by atoms with Crippen LogP contribution in [0.1, 0.15) is 43.9 Å². The predicted molar refractivity (Wildman–Crippen MR) is 139 cm³/mol. The zero-order chi connectivity index (χ0) is 26.6. The van der Waals surface area contributed by atoms with Crippen LogP contribution >= 0.6 is 22.9 Å². The lowest BCUT2D eigenvalue weighted by molar-refractivity contribution is -0.132. The fourth-order valence-corrected chi connectivity index (χ4v) is 5.57. The van der Waals surface area contributed by atoms with Crippen molar-refractivity contribution >= 4 is 57.1 Å². The number of fused-ring (bicyclic) bond motifs is 1. The number of benzene rings is 1. The molecule has 0 aliphatic carbocycles. The number of hydrogen-bond acceptors (Lipinski definition) is 8. The zero-order valence-corrected chi connectivity index (χ0v) is 21.8. The normalized spacial score (nSPS) is 17.1. The van der Waals surface area contributed by atoms with Gasteiger partial charge in [-0.05, 0) is 50.1 Å². The molecule has 1 fully saturated rings. The van der Waals surface area contributed by atoms with Gasteiger partial charge in [-0.15, -0.1) is 0 Å². The van der Waals surface area contributed by atoms with E-state index >= 15 is 0 Å². The molecule has 0 bridgehead atoms. The van der Waals surface area contributed by atoms with Crippen molar-refractivity contribution in [3.05, 3.63) is 86.3 Å². The molecule has 0 radical (unpaired) electrons. The number of rotatable bonds is 4. The summed E-state index contributed by atoms with van der Waals surface area (Å²) in [7, 11) is 1.25. The van der Waals surface area contributed by atoms with Gasteiger partial charge in [-0.2, -0.15) is 0 Å². The van der Waals surface area contributed by atoms with Crippen LogP contribution in [0.15, 0.2) is 48.2 Å². The number of carbonyl (C=O) groups is 3. The number of hydrogen-bond donors (Lipinski definition) is 1. The molecule has 1 saturated heterocycles. The topological polar surface area (TPSA) is 114 Å². The highest BCUT2D eigenvalue weighted by Gasteiger charge is 2.49. The number of Topliss-reactive ketones (excluding diaryl/α,β-unsaturated/α-hetero) is 1. The number of pyridine rings is 1. The summed E-state index contributed by atoms with van der Waals surface area (Å²) in [5.41, 5.74) is 3.05. The molecule has 37 heavy (non-hydrogen) atoms. The van der Waals surface area contributed by atoms with Crippen molar-refractivity contribution in [1.29, 1.82) is 0 Å². The second kappa shape index (κ2) is 9.13. The van der Waals surface area contributed by atoms with Gasteiger partial charge in [-0.1, -0.05) is 41.1 Å². The van der Waals surface area contributed by atoms with E-state index in [1.165, 1.54) is 12.0 Å². The summed E-state index contributed by atoms with van der Waals surface area (Å²) >= 11 is 7.03. The average Bonchev–Trinajstić information content (AvgIpc) is 3.51. The van der Waals surface area contributed by atoms with Crippen LogP contribution in [0.2, 0.25) is 5.02 Å². The number of aliphatic hydroxyl groups is 1. The van der Waals surface area contributed by atoms with E-state index in [0.717, 1.165) is 16.9 Å². The van der Waals surface area contributed by atoms with Gasteiger partial charge in [0.25, 0.3) is 5.78 Å². The molecule has 1 aliphatic heterocycles. The van der Waals surface area contributed by atoms with Gasteiger partial charge in [-0.3, -0.25) is 14.5 Å². The molecule has 5 rings (SSSR count). The Labute approximate surface area is 220 Å². The first kappa shape index (κ1) is 24.7. The number of ether oxygens (including phenoxy) is 1. The van der Waals surface area contributed by atoms with E-state index in [1.807, 2.05) is 29.7 Å². The first-order valence-corrected chi connectivity index (χ1v) is 12.4. The zero-order valence-electron chi connectivity index (χ0n) is 20.3. The Hall–Kier alpha value is -4.02. The number of carbonyl (C=O) groups excluding carboxylic acids is 3. The summed E-state index contributed by atoms with van der Waals surface area (Å²) < 4.78 is 6.63. The maximum Gasteiger partial charge on any atom is 0.350 e. The van der Waals surface area contributed by atoms with Crippen molar-refractivity contribution in [1.82, 2.24) is 14.4 Å². The number of halogens is 1. The van der Waals surface area contributed by atoms with Gasteiger partial charge in [0.15, 0.2) is 10.9 Å². The van der Waals surface area contributed by atoms with Crippen molar-refractivity contribution in [2.45, 2.75) is 26.8 Å². The predicted octanol–water partition coefficient (Wildman–Crippen LogP) is 4.78. The molecule has 9 nitrogen and oxygen atoms in total. The second-order valence-electron chi connectivity index (χ2n) is 8.55. The third kappa shape index (κ3) is 3.89. The molecule has 1 aliphatic rings. The van der Waals surface area contributed by atoms with E-state index in [2.05, 4.69) is 9.97 Å². The Morgan fingerprint density at radius 2 is 1.81 bits per heavy atom. The van der Waals surface area contributed by atoms with Gasteiger partial charge in [0, 0.05) is 11.2 Å². The van der Waals surface area contributed by atoms with Crippen LogP contribution < -0.4 is 4.90 Å². The van der Waals surface area contributed by atoms with E-state index < -0.39 is 29.5 Å². The maximum atomic E-state index is 13.4. The van der Waals surface area contributed by atoms with Crippen molar-refractivity contribution in [3.8, 4) is 0 Å². The van der Waals surface area contributed by atoms with E-state index in [0.29, 0.717) is 27.6 Å². The van der Waals surface area contributed by atoms with Gasteiger partial charge in [0.05, 0.1) is 30.1 Å². The van der Waals surface area contributed by atoms with E-state index in [1.54, 1.807) is 38.1 Å². The summed E-state index contributed by atoms with van der Waals surface area (Å²) in [4.78, 5) is 49.4. The molecule has 1 aromatic carbocycles. The quantitative estimate of drug-likeness (QED) is 0.173. The molecule has 1 atom stereocenters. The van der Waals surface area contributed by atoms with Crippen molar-refractivity contribution in [3.63, 3.8) is 0 Å². The number of aromatic nitrogens is 3. The van der Waals surface area contributed by atoms with E-state index in [4.69, 9.17) is 16.3 Å². The number of nitrogens with zero attached hydrogens (tertiary/aromatic N) is 4. The lowest BCUT2D eigenvalue weighted by Crippen LogP contribution is -2.29. The average molecular weight is 537 g/mol. The summed E-state index contributed by atoms with van der Waals surface area (Å²) in [6, 6.07) is 9.31. The van der Waals surface area contributed by atoms with Crippen LogP contribution in [0.25, 0.3) is 11.4 Å². The first-order valence-electron chi connectivity index (χ1n) is 11.2. The number of aliphatic hydroxyl groups excluding tert-OH is 1. The van der Waals surface area contributed by atoms with E-state index in [9.17, 15) is 19.5 Å². The number of imidazole rings is 1. The number of methoxy groups -OCH3 is 1. The number of thiazole rings is 1. The fraction of sp³-hybridized carbons (Fsp3) is 0.192. The summed E-state index contributed by atoms with van der Waals surface area (Å²) in [6.07, 6.45) is 1.81. The van der Waals surface area contributed by atoms with Crippen LogP contribution in [0, 0.1) is 20.8 Å². The lowest BCUT2D eigenvalue weighted by atomic mass is 9.96. The Bertz CT molecular complexity index is 1640. The molecular formula is C26H21ClN4O5S. The molecule has 3 aromatic heterocycles. The first-order chi connectivity index (χ1) is 17.6. The molecule has 1 N–H and O–H groups in total. The van der Waals surface area contributed by atoms with Gasteiger partial charge in [-0.25, -0.2) is 14.8 Å². The Morgan fingerprint density at radius 1 is 1.11 bits per heavy atom. The number of amides is 1. The largest absolute Gasteiger partial charge is 0.505 e. The van der Waals surface area contributed by atoms with Crippen LogP contribution in [-0.4, -0.2) is 44.2 Å². The Morgan fingerprint density at radius 3 is 2.46 bits per heavy atom. The molecule has 1 unspecified atom stereocenters. The standard InChI is InChI=1S/C26H21ClN4O5S/c1-12-6-5-11-30-14(3)18(29-23(12)30)20(32)17-19(15-7-9-16(27)10-8-15)31(24(34)21(17)33)26-28-13(2)22(37-26)25(35)36-4/h5-11,19,32H,1-4H3. The summed E-state index contributed by atoms with van der Waals surface area (Å²) in [5, 5.41) is 12.1. The third-order valence-electron chi connectivity index (χ3n) is 6.30. The van der Waals surface area contributed by atoms with Crippen LogP contribution in [0.4, 0.5) is 5.13 Å². The lowest BCUT2D eigenvalue weighted by Gasteiger charge is -2.22. The highest BCUT2D eigenvalue weighted by Crippen LogP contribution is 2.44. The maximum absolute atomic E-state index is 13.4. The van der Waals surface area contributed by atoms with Gasteiger partial charge in [0.1, 0.15) is 16.2 Å². The van der Waals surface area contributed by atoms with Gasteiger partial charge in [0.2, 0.25) is 0 Å². The molecule has 0 saturated carbocycles. The van der Waals surface area contributed by atoms with Crippen molar-refractivity contribution in [2.24, 2.45) is 0 Å². The monoisotopic (exact) mass is 536 g/mol. The Balaban J connectivity index is 1.75. The number of ketones is 1. The number of esters is 1. The van der Waals surface area contributed by atoms with Crippen molar-refractivity contribution < 1.29 is 24.2 Å². The van der Waals surface area contributed by atoms with Crippen LogP contribution in [-0.2, 0) is 14.3 Å². The summed E-state index contributed by atoms with van der Waals surface area (Å²) in [5.74, 6) is -2.78. The Kier molecular flexibility index (Phi) is 6.09. The van der Waals surface area contributed by atoms with Crippen LogP contribution in [0.5, 0.6) is 0 Å².